The molecule has 11 heteroatoms. The molecule has 0 aromatic heterocycles. The minimum absolute atomic E-state index is 0. The van der Waals surface area contributed by atoms with E-state index in [0.717, 1.165) is 32.1 Å². The maximum absolute atomic E-state index is 11.6. The fourth-order valence-corrected chi connectivity index (χ4v) is 6.95. The van der Waals surface area contributed by atoms with Crippen molar-refractivity contribution in [1.82, 2.24) is 0 Å². The number of benzene rings is 2. The minimum atomic E-state index is -1.33. The molecule has 0 aliphatic rings. The summed E-state index contributed by atoms with van der Waals surface area (Å²) in [6.07, 6.45) is 30.3. The standard InChI is InChI=1S/C25H54N.C21H26BNO7.ClH/c1-5-8-11-14-17-20-23-26(4,24-21-18-15-12-9-6-2)25-22-19-16-13-10-7-3;24-21(30-22(25)18-12-6-5-7-13-18)29-17-11-4-2-1-3-10-16-28-20-15-9-8-14-19(20)23(26)27;/h5-25H2,1-4H3;5-9,12-15,25H,1-4,10-11,16-17H2;1H/q+1;;/p-1. The number of carbonyl (C=O) groups excluding carboxylic acids is 1. The number of nitro benzene ring substituents is 1. The Balaban J connectivity index is 0.00000109. The molecule has 0 radical (unpaired) electrons. The van der Waals surface area contributed by atoms with Gasteiger partial charge in [-0.05, 0) is 62.9 Å². The summed E-state index contributed by atoms with van der Waals surface area (Å²) in [7, 11) is 1.22. The Morgan fingerprint density at radius 2 is 1.02 bits per heavy atom. The summed E-state index contributed by atoms with van der Waals surface area (Å²) < 4.78 is 16.6. The van der Waals surface area contributed by atoms with Gasteiger partial charge in [-0.15, -0.1) is 0 Å². The number of rotatable bonds is 34. The molecule has 0 aliphatic heterocycles. The number of quaternary nitrogens is 1. The number of hydrogen-bond acceptors (Lipinski definition) is 7. The lowest BCUT2D eigenvalue weighted by Gasteiger charge is -2.35. The lowest BCUT2D eigenvalue weighted by molar-refractivity contribution is -0.910. The molecule has 0 fully saturated rings. The van der Waals surface area contributed by atoms with Gasteiger partial charge in [-0.25, -0.2) is 4.79 Å². The van der Waals surface area contributed by atoms with Crippen LogP contribution in [-0.2, 0) is 9.39 Å². The van der Waals surface area contributed by atoms with E-state index in [9.17, 15) is 19.9 Å². The summed E-state index contributed by atoms with van der Waals surface area (Å²) in [6, 6.07) is 14.9. The monoisotopic (exact) mass is 819 g/mol. The molecule has 0 spiro atoms. The Morgan fingerprint density at radius 1 is 0.614 bits per heavy atom. The van der Waals surface area contributed by atoms with Crippen LogP contribution in [0.5, 0.6) is 5.75 Å². The van der Waals surface area contributed by atoms with E-state index in [1.54, 1.807) is 48.5 Å². The molecule has 0 bridgehead atoms. The number of hydrogen-bond donors (Lipinski definition) is 1. The first-order valence-electron chi connectivity index (χ1n) is 22.5. The third kappa shape index (κ3) is 30.0. The minimum Gasteiger partial charge on any atom is -1.00 e. The van der Waals surface area contributed by atoms with E-state index < -0.39 is 18.2 Å². The quantitative estimate of drug-likeness (QED) is 0.0187. The van der Waals surface area contributed by atoms with Gasteiger partial charge in [-0.3, -0.25) is 10.1 Å². The van der Waals surface area contributed by atoms with Gasteiger partial charge in [0.15, 0.2) is 5.75 Å². The Kier molecular flexibility index (Phi) is 35.6. The molecule has 9 nitrogen and oxygen atoms in total. The predicted octanol–water partition coefficient (Wildman–Crippen LogP) is 9.37. The van der Waals surface area contributed by atoms with E-state index in [2.05, 4.69) is 27.8 Å². The number of ether oxygens (including phenoxy) is 2. The van der Waals surface area contributed by atoms with E-state index in [4.69, 9.17) is 14.1 Å². The Labute approximate surface area is 354 Å². The lowest BCUT2D eigenvalue weighted by atomic mass is 9.80. The van der Waals surface area contributed by atoms with Crippen molar-refractivity contribution in [2.45, 2.75) is 175 Å². The van der Waals surface area contributed by atoms with Crippen molar-refractivity contribution in [3.8, 4) is 5.75 Å². The van der Waals surface area contributed by atoms with Crippen molar-refractivity contribution in [2.24, 2.45) is 0 Å². The second-order valence-electron chi connectivity index (χ2n) is 15.8. The maximum Gasteiger partial charge on any atom is 0.564 e. The van der Waals surface area contributed by atoms with Gasteiger partial charge in [0.2, 0.25) is 0 Å². The van der Waals surface area contributed by atoms with Gasteiger partial charge in [0, 0.05) is 6.07 Å². The molecule has 326 valence electrons. The summed E-state index contributed by atoms with van der Waals surface area (Å²) in [5.74, 6) is 0.295. The highest BCUT2D eigenvalue weighted by Gasteiger charge is 2.22. The van der Waals surface area contributed by atoms with Crippen molar-refractivity contribution in [3.05, 3.63) is 64.7 Å². The van der Waals surface area contributed by atoms with Crippen LogP contribution in [0.3, 0.4) is 0 Å². The summed E-state index contributed by atoms with van der Waals surface area (Å²) in [4.78, 5) is 22.0. The first kappa shape index (κ1) is 54.2. The van der Waals surface area contributed by atoms with Crippen LogP contribution in [0.2, 0.25) is 0 Å². The summed E-state index contributed by atoms with van der Waals surface area (Å²) in [5, 5.41) is 20.7. The van der Waals surface area contributed by atoms with Crippen molar-refractivity contribution < 1.29 is 45.8 Å². The van der Waals surface area contributed by atoms with Crippen LogP contribution in [0.25, 0.3) is 0 Å². The van der Waals surface area contributed by atoms with E-state index in [1.165, 1.54) is 146 Å². The number of halogens is 1. The molecule has 57 heavy (non-hydrogen) atoms. The number of nitrogens with zero attached hydrogens (tertiary/aromatic N) is 2. The molecule has 2 aromatic carbocycles. The topological polar surface area (TPSA) is 108 Å². The first-order valence-corrected chi connectivity index (χ1v) is 22.5. The molecule has 1 N–H and O–H groups in total. The van der Waals surface area contributed by atoms with Crippen LogP contribution >= 0.6 is 0 Å². The van der Waals surface area contributed by atoms with Crippen molar-refractivity contribution >= 4 is 24.4 Å². The van der Waals surface area contributed by atoms with E-state index in [0.29, 0.717) is 24.2 Å². The van der Waals surface area contributed by atoms with Crippen molar-refractivity contribution in [3.63, 3.8) is 0 Å². The van der Waals surface area contributed by atoms with Gasteiger partial charge >= 0.3 is 19.0 Å². The van der Waals surface area contributed by atoms with Crippen LogP contribution in [0.1, 0.15) is 175 Å². The fraction of sp³-hybridized carbons (Fsp3) is 0.717. The molecule has 2 aromatic rings. The van der Waals surface area contributed by atoms with Crippen LogP contribution in [0.4, 0.5) is 10.5 Å². The zero-order valence-electron chi connectivity index (χ0n) is 36.4. The second kappa shape index (κ2) is 37.5. The number of carbonyl (C=O) groups is 1. The molecule has 0 unspecified atom stereocenters. The Bertz CT molecular complexity index is 1190. The third-order valence-corrected chi connectivity index (χ3v) is 10.5. The van der Waals surface area contributed by atoms with E-state index in [-0.39, 0.29) is 24.7 Å². The number of nitro groups is 1. The third-order valence-electron chi connectivity index (χ3n) is 10.5. The largest absolute Gasteiger partial charge is 1.00 e. The van der Waals surface area contributed by atoms with Gasteiger partial charge in [0.25, 0.3) is 0 Å². The number of para-hydroxylation sites is 2. The highest BCUT2D eigenvalue weighted by Crippen LogP contribution is 2.26. The van der Waals surface area contributed by atoms with Gasteiger partial charge < -0.3 is 36.0 Å². The zero-order valence-corrected chi connectivity index (χ0v) is 37.2. The molecule has 2 rings (SSSR count). The normalized spacial score (nSPS) is 10.9. The van der Waals surface area contributed by atoms with Gasteiger partial charge in [0.05, 0.1) is 44.8 Å². The predicted molar refractivity (Wildman–Crippen MR) is 234 cm³/mol. The first-order chi connectivity index (χ1) is 27.3. The van der Waals surface area contributed by atoms with Gasteiger partial charge in [-0.2, -0.15) is 0 Å². The fourth-order valence-electron chi connectivity index (χ4n) is 6.95. The zero-order chi connectivity index (χ0) is 41.0. The number of unbranched alkanes of at least 4 members (excludes halogenated alkanes) is 20. The van der Waals surface area contributed by atoms with Crippen LogP contribution in [0, 0.1) is 10.1 Å². The Hall–Kier alpha value is -2.82. The van der Waals surface area contributed by atoms with Crippen LogP contribution in [-0.4, -0.2) is 67.6 Å². The van der Waals surface area contributed by atoms with Gasteiger partial charge in [0.1, 0.15) is 0 Å². The Morgan fingerprint density at radius 3 is 1.49 bits per heavy atom. The molecule has 0 saturated carbocycles. The van der Waals surface area contributed by atoms with E-state index in [1.807, 2.05) is 0 Å². The summed E-state index contributed by atoms with van der Waals surface area (Å²) in [5.41, 5.74) is 0.465. The van der Waals surface area contributed by atoms with Gasteiger partial charge in [-0.1, -0.05) is 166 Å². The van der Waals surface area contributed by atoms with Crippen LogP contribution in [0.15, 0.2) is 54.6 Å². The molecular formula is C46H80BClN2O7. The van der Waals surface area contributed by atoms with E-state index >= 15 is 0 Å². The molecule has 0 aliphatic carbocycles. The average molecular weight is 819 g/mol. The lowest BCUT2D eigenvalue weighted by Crippen LogP contribution is -3.00. The van der Waals surface area contributed by atoms with Crippen molar-refractivity contribution in [2.75, 3.05) is 39.9 Å². The molecule has 0 saturated heterocycles. The second-order valence-corrected chi connectivity index (χ2v) is 15.8. The molecular weight excluding hydrogens is 739 g/mol. The highest BCUT2D eigenvalue weighted by atomic mass is 35.5. The van der Waals surface area contributed by atoms with Crippen LogP contribution < -0.4 is 22.6 Å². The smallest absolute Gasteiger partial charge is 0.564 e. The highest BCUT2D eigenvalue weighted by molar-refractivity contribution is 6.61. The molecule has 0 heterocycles. The summed E-state index contributed by atoms with van der Waals surface area (Å²) in [6.45, 7) is 11.9. The van der Waals surface area contributed by atoms with Crippen molar-refractivity contribution in [1.29, 1.82) is 0 Å². The summed E-state index contributed by atoms with van der Waals surface area (Å²) >= 11 is 0. The average Bonchev–Trinajstić information content (AvgIpc) is 3.20. The molecule has 0 atom stereocenters. The maximum atomic E-state index is 11.6. The SMILES string of the molecule is CCCCCCCC[N+](C)(CCCCCCCC)CCCCCCCC.O=C(OCCCCCCCCOc1ccccc1[N+](=O)[O-])OB(O)c1ccccc1.[Cl-]. The molecule has 0 amide bonds.